The first-order valence-electron chi connectivity index (χ1n) is 9.18. The number of pyridine rings is 2. The molecule has 1 aromatic carbocycles. The van der Waals surface area contributed by atoms with E-state index in [4.69, 9.17) is 21.3 Å². The van der Waals surface area contributed by atoms with Crippen molar-refractivity contribution in [3.63, 3.8) is 0 Å². The van der Waals surface area contributed by atoms with Gasteiger partial charge in [-0.3, -0.25) is 10.1 Å². The molecule has 3 aromatic heterocycles. The number of fused-ring (bicyclic) bond motifs is 1. The molecule has 1 aliphatic rings. The molecule has 4 heterocycles. The van der Waals surface area contributed by atoms with Gasteiger partial charge in [-0.25, -0.2) is 4.98 Å². The average Bonchev–Trinajstić information content (AvgIpc) is 3.28. The van der Waals surface area contributed by atoms with Crippen LogP contribution in [0.15, 0.2) is 54.9 Å². The highest BCUT2D eigenvalue weighted by Crippen LogP contribution is 2.35. The SMILES string of the molecule is Clc1cccc(-c2cc(N3CCOCC3)nc3c(-c4ccn[nH]4)nccc23)c1. The highest BCUT2D eigenvalue weighted by Gasteiger charge is 2.18. The number of nitrogens with one attached hydrogen (secondary N) is 1. The van der Waals surface area contributed by atoms with E-state index in [2.05, 4.69) is 32.2 Å². The first kappa shape index (κ1) is 17.2. The van der Waals surface area contributed by atoms with Crippen LogP contribution >= 0.6 is 11.6 Å². The van der Waals surface area contributed by atoms with Crippen LogP contribution in [0.4, 0.5) is 5.82 Å². The van der Waals surface area contributed by atoms with Crippen LogP contribution in [-0.4, -0.2) is 46.5 Å². The third-order valence-electron chi connectivity index (χ3n) is 4.94. The van der Waals surface area contributed by atoms with Crippen LogP contribution < -0.4 is 4.90 Å². The summed E-state index contributed by atoms with van der Waals surface area (Å²) in [6.45, 7) is 3.03. The Morgan fingerprint density at radius 3 is 2.71 bits per heavy atom. The van der Waals surface area contributed by atoms with Gasteiger partial charge in [-0.1, -0.05) is 23.7 Å². The van der Waals surface area contributed by atoms with E-state index < -0.39 is 0 Å². The van der Waals surface area contributed by atoms with Gasteiger partial charge in [0.2, 0.25) is 0 Å². The molecular formula is C21H18ClN5O. The second-order valence-corrected chi connectivity index (χ2v) is 7.10. The highest BCUT2D eigenvalue weighted by molar-refractivity contribution is 6.31. The summed E-state index contributed by atoms with van der Waals surface area (Å²) in [4.78, 5) is 11.8. The third kappa shape index (κ3) is 3.10. The molecule has 1 saturated heterocycles. The quantitative estimate of drug-likeness (QED) is 0.567. The van der Waals surface area contributed by atoms with E-state index in [1.807, 2.05) is 36.5 Å². The zero-order valence-electron chi connectivity index (χ0n) is 15.1. The summed E-state index contributed by atoms with van der Waals surface area (Å²) in [5.74, 6) is 0.916. The Balaban J connectivity index is 1.78. The van der Waals surface area contributed by atoms with E-state index in [9.17, 15) is 0 Å². The van der Waals surface area contributed by atoms with E-state index in [1.165, 1.54) is 0 Å². The molecule has 0 bridgehead atoms. The Hall–Kier alpha value is -2.96. The van der Waals surface area contributed by atoms with Crippen molar-refractivity contribution < 1.29 is 4.74 Å². The smallest absolute Gasteiger partial charge is 0.130 e. The summed E-state index contributed by atoms with van der Waals surface area (Å²) in [5, 5.41) is 8.81. The van der Waals surface area contributed by atoms with E-state index in [0.717, 1.165) is 52.3 Å². The van der Waals surface area contributed by atoms with Crippen molar-refractivity contribution in [2.45, 2.75) is 0 Å². The van der Waals surface area contributed by atoms with Gasteiger partial charge in [0.15, 0.2) is 0 Å². The molecule has 0 saturated carbocycles. The van der Waals surface area contributed by atoms with Gasteiger partial charge in [0, 0.05) is 35.9 Å². The first-order valence-corrected chi connectivity index (χ1v) is 9.55. The number of benzene rings is 1. The minimum atomic E-state index is 0.701. The average molecular weight is 392 g/mol. The predicted octanol–water partition coefficient (Wildman–Crippen LogP) is 4.18. The molecule has 4 aromatic rings. The third-order valence-corrected chi connectivity index (χ3v) is 5.18. The molecule has 1 N–H and O–H groups in total. The molecule has 0 spiro atoms. The maximum absolute atomic E-state index is 6.28. The van der Waals surface area contributed by atoms with Crippen molar-refractivity contribution in [1.82, 2.24) is 20.2 Å². The predicted molar refractivity (Wildman–Crippen MR) is 111 cm³/mol. The minimum Gasteiger partial charge on any atom is -0.378 e. The number of anilines is 1. The number of aromatic nitrogens is 4. The number of aromatic amines is 1. The number of halogens is 1. The van der Waals surface area contributed by atoms with Crippen LogP contribution in [0.2, 0.25) is 5.02 Å². The molecule has 28 heavy (non-hydrogen) atoms. The molecule has 7 heteroatoms. The zero-order valence-corrected chi connectivity index (χ0v) is 15.9. The Morgan fingerprint density at radius 1 is 1.04 bits per heavy atom. The molecule has 0 unspecified atom stereocenters. The van der Waals surface area contributed by atoms with Gasteiger partial charge in [0.1, 0.15) is 17.0 Å². The Morgan fingerprint density at radius 2 is 1.93 bits per heavy atom. The summed E-state index contributed by atoms with van der Waals surface area (Å²) in [6.07, 6.45) is 3.53. The molecule has 1 aliphatic heterocycles. The fourth-order valence-corrected chi connectivity index (χ4v) is 3.76. The van der Waals surface area contributed by atoms with Gasteiger partial charge in [0.25, 0.3) is 0 Å². The molecular weight excluding hydrogens is 374 g/mol. The fourth-order valence-electron chi connectivity index (χ4n) is 3.57. The monoisotopic (exact) mass is 391 g/mol. The molecule has 1 fully saturated rings. The summed E-state index contributed by atoms with van der Waals surface area (Å²) < 4.78 is 5.51. The van der Waals surface area contributed by atoms with E-state index in [-0.39, 0.29) is 0 Å². The van der Waals surface area contributed by atoms with Crippen molar-refractivity contribution in [3.05, 3.63) is 59.9 Å². The normalized spacial score (nSPS) is 14.5. The summed E-state index contributed by atoms with van der Waals surface area (Å²) in [7, 11) is 0. The summed E-state index contributed by atoms with van der Waals surface area (Å²) >= 11 is 6.28. The van der Waals surface area contributed by atoms with Crippen LogP contribution in [-0.2, 0) is 4.74 Å². The lowest BCUT2D eigenvalue weighted by Crippen LogP contribution is -2.36. The largest absolute Gasteiger partial charge is 0.378 e. The van der Waals surface area contributed by atoms with Crippen molar-refractivity contribution in [3.8, 4) is 22.5 Å². The van der Waals surface area contributed by atoms with E-state index in [1.54, 1.807) is 6.20 Å². The van der Waals surface area contributed by atoms with E-state index >= 15 is 0 Å². The van der Waals surface area contributed by atoms with Crippen molar-refractivity contribution in [2.24, 2.45) is 0 Å². The Bertz CT molecular complexity index is 1120. The van der Waals surface area contributed by atoms with Crippen LogP contribution in [0.1, 0.15) is 0 Å². The number of ether oxygens (including phenoxy) is 1. The van der Waals surface area contributed by atoms with E-state index in [0.29, 0.717) is 18.2 Å². The molecule has 140 valence electrons. The molecule has 0 amide bonds. The molecule has 6 nitrogen and oxygen atoms in total. The lowest BCUT2D eigenvalue weighted by molar-refractivity contribution is 0.122. The van der Waals surface area contributed by atoms with Crippen molar-refractivity contribution in [1.29, 1.82) is 0 Å². The molecule has 5 rings (SSSR count). The summed E-state index contributed by atoms with van der Waals surface area (Å²) in [5.41, 5.74) is 4.60. The number of hydrogen-bond acceptors (Lipinski definition) is 5. The number of rotatable bonds is 3. The standard InChI is InChI=1S/C21H18ClN5O/c22-15-3-1-2-14(12-15)17-13-19(27-8-10-28-11-9-27)25-20-16(17)4-6-23-21(20)18-5-7-24-26-18/h1-7,12-13H,8-11H2,(H,24,26). The number of nitrogens with zero attached hydrogens (tertiary/aromatic N) is 4. The number of H-pyrrole nitrogens is 1. The van der Waals surface area contributed by atoms with Gasteiger partial charge in [-0.15, -0.1) is 0 Å². The topological polar surface area (TPSA) is 66.9 Å². The molecule has 0 atom stereocenters. The first-order chi connectivity index (χ1) is 13.8. The van der Waals surface area contributed by atoms with Crippen LogP contribution in [0.3, 0.4) is 0 Å². The Labute approximate surface area is 167 Å². The van der Waals surface area contributed by atoms with Crippen molar-refractivity contribution in [2.75, 3.05) is 31.2 Å². The molecule has 0 radical (unpaired) electrons. The number of hydrogen-bond donors (Lipinski definition) is 1. The van der Waals surface area contributed by atoms with Crippen LogP contribution in [0, 0.1) is 0 Å². The van der Waals surface area contributed by atoms with Crippen LogP contribution in [0.25, 0.3) is 33.4 Å². The second-order valence-electron chi connectivity index (χ2n) is 6.66. The fraction of sp³-hybridized carbons (Fsp3) is 0.190. The van der Waals surface area contributed by atoms with Crippen molar-refractivity contribution >= 4 is 28.3 Å². The maximum Gasteiger partial charge on any atom is 0.130 e. The minimum absolute atomic E-state index is 0.701. The van der Waals surface area contributed by atoms with Gasteiger partial charge in [0.05, 0.1) is 18.9 Å². The maximum atomic E-state index is 6.28. The highest BCUT2D eigenvalue weighted by atomic mass is 35.5. The second kappa shape index (κ2) is 7.22. The molecule has 0 aliphatic carbocycles. The summed E-state index contributed by atoms with van der Waals surface area (Å²) in [6, 6.07) is 13.9. The van der Waals surface area contributed by atoms with Crippen LogP contribution in [0.5, 0.6) is 0 Å². The lowest BCUT2D eigenvalue weighted by Gasteiger charge is -2.28. The van der Waals surface area contributed by atoms with Gasteiger partial charge < -0.3 is 9.64 Å². The van der Waals surface area contributed by atoms with Gasteiger partial charge in [-0.05, 0) is 41.5 Å². The number of morpholine rings is 1. The van der Waals surface area contributed by atoms with Gasteiger partial charge in [-0.2, -0.15) is 5.10 Å². The zero-order chi connectivity index (χ0) is 18.9. The lowest BCUT2D eigenvalue weighted by atomic mass is 10.00. The van der Waals surface area contributed by atoms with Gasteiger partial charge >= 0.3 is 0 Å². The Kier molecular flexibility index (Phi) is 4.43.